The van der Waals surface area contributed by atoms with Crippen LogP contribution in [0, 0.1) is 0 Å². The first-order chi connectivity index (χ1) is 21.4. The third-order valence-electron chi connectivity index (χ3n) is 7.53. The number of benzene rings is 2. The van der Waals surface area contributed by atoms with Crippen LogP contribution in [-0.2, 0) is 28.8 Å². The minimum Gasteiger partial charge on any atom is -0.491 e. The maximum atomic E-state index is 13.4. The molecule has 1 aliphatic heterocycles. The minimum atomic E-state index is -6.01. The van der Waals surface area contributed by atoms with Crippen molar-refractivity contribution in [3.63, 3.8) is 0 Å². The van der Waals surface area contributed by atoms with Gasteiger partial charge in [0.25, 0.3) is 11.5 Å². The summed E-state index contributed by atoms with van der Waals surface area (Å²) in [5, 5.41) is 12.5. The average molecular weight is 654 g/mol. The average Bonchev–Trinajstić information content (AvgIpc) is 3.19. The SMILES string of the molecule is CCCc1cc(C(O)(C(F)(F)F)C(F)(F)F)ccc1Oc1ccc(CCN2C(=O)NC(C)(c3ccc(OC(C)C)cc3)C2=O)cn1. The van der Waals surface area contributed by atoms with E-state index in [0.29, 0.717) is 35.4 Å². The lowest BCUT2D eigenvalue weighted by molar-refractivity contribution is -0.376. The summed E-state index contributed by atoms with van der Waals surface area (Å²) in [6.07, 6.45) is -9.96. The van der Waals surface area contributed by atoms with E-state index < -0.39 is 41.0 Å². The van der Waals surface area contributed by atoms with Crippen molar-refractivity contribution in [3.05, 3.63) is 83.0 Å². The van der Waals surface area contributed by atoms with Gasteiger partial charge in [-0.3, -0.25) is 9.69 Å². The Balaban J connectivity index is 1.45. The molecule has 2 aromatic carbocycles. The molecule has 1 aliphatic rings. The van der Waals surface area contributed by atoms with E-state index in [4.69, 9.17) is 9.47 Å². The van der Waals surface area contributed by atoms with Crippen LogP contribution >= 0.6 is 0 Å². The number of urea groups is 1. The second-order valence-electron chi connectivity index (χ2n) is 11.3. The van der Waals surface area contributed by atoms with Crippen LogP contribution in [0.15, 0.2) is 60.8 Å². The summed E-state index contributed by atoms with van der Waals surface area (Å²) in [5.74, 6) is 0.172. The molecule has 3 aromatic rings. The van der Waals surface area contributed by atoms with Gasteiger partial charge >= 0.3 is 18.4 Å². The first-order valence-corrected chi connectivity index (χ1v) is 14.4. The van der Waals surface area contributed by atoms with Gasteiger partial charge < -0.3 is 19.9 Å². The van der Waals surface area contributed by atoms with Gasteiger partial charge in [0.05, 0.1) is 6.10 Å². The van der Waals surface area contributed by atoms with Crippen LogP contribution in [-0.4, -0.2) is 51.9 Å². The Morgan fingerprint density at radius 2 is 1.61 bits per heavy atom. The smallest absolute Gasteiger partial charge is 0.430 e. The van der Waals surface area contributed by atoms with Crippen molar-refractivity contribution < 1.29 is 50.5 Å². The Hall–Kier alpha value is -4.33. The third-order valence-corrected chi connectivity index (χ3v) is 7.53. The van der Waals surface area contributed by atoms with E-state index in [1.165, 1.54) is 12.3 Å². The number of nitrogens with zero attached hydrogens (tertiary/aromatic N) is 2. The van der Waals surface area contributed by atoms with Crippen LogP contribution in [0.1, 0.15) is 56.4 Å². The lowest BCUT2D eigenvalue weighted by Crippen LogP contribution is -2.53. The molecule has 2 N–H and O–H groups in total. The van der Waals surface area contributed by atoms with E-state index in [1.54, 1.807) is 44.2 Å². The molecule has 46 heavy (non-hydrogen) atoms. The first kappa shape index (κ1) is 34.5. The topological polar surface area (TPSA) is 101 Å². The van der Waals surface area contributed by atoms with Crippen LogP contribution < -0.4 is 14.8 Å². The Morgan fingerprint density at radius 1 is 0.957 bits per heavy atom. The number of halogens is 6. The van der Waals surface area contributed by atoms with Gasteiger partial charge in [0.2, 0.25) is 5.88 Å². The number of aryl methyl sites for hydroxylation is 1. The molecular formula is C32H33F6N3O5. The predicted octanol–water partition coefficient (Wildman–Crippen LogP) is 6.94. The zero-order chi connectivity index (χ0) is 34.1. The fourth-order valence-corrected chi connectivity index (χ4v) is 5.06. The number of hydrogen-bond donors (Lipinski definition) is 2. The molecule has 8 nitrogen and oxygen atoms in total. The lowest BCUT2D eigenvalue weighted by Gasteiger charge is -2.33. The van der Waals surface area contributed by atoms with Crippen molar-refractivity contribution in [2.24, 2.45) is 0 Å². The molecule has 1 unspecified atom stereocenters. The van der Waals surface area contributed by atoms with E-state index in [1.807, 2.05) is 13.8 Å². The molecule has 1 aromatic heterocycles. The lowest BCUT2D eigenvalue weighted by atomic mass is 9.90. The van der Waals surface area contributed by atoms with Crippen molar-refractivity contribution in [2.45, 2.75) is 76.6 Å². The second kappa shape index (κ2) is 12.8. The number of amides is 3. The van der Waals surface area contributed by atoms with Gasteiger partial charge in [-0.05, 0) is 74.6 Å². The quantitative estimate of drug-likeness (QED) is 0.172. The predicted molar refractivity (Wildman–Crippen MR) is 154 cm³/mol. The first-order valence-electron chi connectivity index (χ1n) is 14.4. The zero-order valence-corrected chi connectivity index (χ0v) is 25.4. The maximum Gasteiger partial charge on any atom is 0.430 e. The Bertz CT molecular complexity index is 1540. The van der Waals surface area contributed by atoms with E-state index in [-0.39, 0.29) is 42.7 Å². The Labute approximate surface area is 261 Å². The molecule has 1 saturated heterocycles. The Kier molecular flexibility index (Phi) is 9.62. The van der Waals surface area contributed by atoms with E-state index >= 15 is 0 Å². The van der Waals surface area contributed by atoms with Gasteiger partial charge in [-0.2, -0.15) is 26.3 Å². The number of hydrogen-bond acceptors (Lipinski definition) is 6. The van der Waals surface area contributed by atoms with E-state index in [0.717, 1.165) is 11.0 Å². The van der Waals surface area contributed by atoms with Crippen molar-refractivity contribution in [1.82, 2.24) is 15.2 Å². The number of nitrogens with one attached hydrogen (secondary N) is 1. The number of carbonyl (C=O) groups is 2. The van der Waals surface area contributed by atoms with Crippen LogP contribution in [0.3, 0.4) is 0 Å². The number of aliphatic hydroxyl groups is 1. The van der Waals surface area contributed by atoms with Crippen molar-refractivity contribution in [1.29, 1.82) is 0 Å². The fraction of sp³-hybridized carbons (Fsp3) is 0.406. The van der Waals surface area contributed by atoms with Crippen molar-refractivity contribution >= 4 is 11.9 Å². The van der Waals surface area contributed by atoms with Gasteiger partial charge in [-0.25, -0.2) is 9.78 Å². The Morgan fingerprint density at radius 3 is 2.15 bits per heavy atom. The molecular weight excluding hydrogens is 620 g/mol. The normalized spacial score (nSPS) is 17.4. The van der Waals surface area contributed by atoms with Crippen molar-refractivity contribution in [2.75, 3.05) is 6.54 Å². The molecule has 1 fully saturated rings. The highest BCUT2D eigenvalue weighted by Gasteiger charge is 2.71. The van der Waals surface area contributed by atoms with Crippen LogP contribution in [0.2, 0.25) is 0 Å². The molecule has 0 bridgehead atoms. The van der Waals surface area contributed by atoms with Crippen LogP contribution in [0.25, 0.3) is 0 Å². The number of pyridine rings is 1. The van der Waals surface area contributed by atoms with E-state index in [2.05, 4.69) is 10.3 Å². The number of carbonyl (C=O) groups excluding carboxylic acids is 2. The number of rotatable bonds is 11. The number of imide groups is 1. The fourth-order valence-electron chi connectivity index (χ4n) is 5.06. The number of alkyl halides is 6. The third kappa shape index (κ3) is 6.76. The highest BCUT2D eigenvalue weighted by atomic mass is 19.4. The molecule has 2 heterocycles. The molecule has 1 atom stereocenters. The van der Waals surface area contributed by atoms with Gasteiger partial charge in [-0.15, -0.1) is 0 Å². The van der Waals surface area contributed by atoms with Crippen LogP contribution in [0.4, 0.5) is 31.1 Å². The summed E-state index contributed by atoms with van der Waals surface area (Å²) in [6, 6.07) is 11.4. The van der Waals surface area contributed by atoms with Gasteiger partial charge in [0, 0.05) is 24.4 Å². The molecule has 4 rings (SSSR count). The monoisotopic (exact) mass is 653 g/mol. The summed E-state index contributed by atoms with van der Waals surface area (Å²) >= 11 is 0. The summed E-state index contributed by atoms with van der Waals surface area (Å²) in [6.45, 7) is 7.11. The second-order valence-corrected chi connectivity index (χ2v) is 11.3. The standard InChI is InChI=1S/C32H33F6N3O5/c1-5-6-21-17-23(30(44,31(33,34)35)32(36,37)38)10-13-25(21)46-26-14-7-20(18-39-26)15-16-41-27(42)29(4,40-28(41)43)22-8-11-24(12-9-22)45-19(2)3/h7-14,17-19,44H,5-6,15-16H2,1-4H3,(H,40,43). The molecule has 0 aliphatic carbocycles. The summed E-state index contributed by atoms with van der Waals surface area (Å²) in [7, 11) is 0. The molecule has 0 radical (unpaired) electrons. The molecule has 3 amide bonds. The summed E-state index contributed by atoms with van der Waals surface area (Å²) < 4.78 is 91.7. The molecule has 0 saturated carbocycles. The highest BCUT2D eigenvalue weighted by Crippen LogP contribution is 2.50. The molecule has 0 spiro atoms. The maximum absolute atomic E-state index is 13.4. The van der Waals surface area contributed by atoms with Gasteiger partial charge in [-0.1, -0.05) is 37.6 Å². The molecule has 248 valence electrons. The highest BCUT2D eigenvalue weighted by molar-refractivity contribution is 6.07. The minimum absolute atomic E-state index is 0.00298. The van der Waals surface area contributed by atoms with Gasteiger partial charge in [0.1, 0.15) is 17.0 Å². The molecule has 14 heteroatoms. The summed E-state index contributed by atoms with van der Waals surface area (Å²) in [4.78, 5) is 31.3. The largest absolute Gasteiger partial charge is 0.491 e. The summed E-state index contributed by atoms with van der Waals surface area (Å²) in [5.41, 5.74) is -6.47. The van der Waals surface area contributed by atoms with E-state index in [9.17, 15) is 41.0 Å². The van der Waals surface area contributed by atoms with Crippen LogP contribution in [0.5, 0.6) is 17.4 Å². The zero-order valence-electron chi connectivity index (χ0n) is 25.4. The number of ether oxygens (including phenoxy) is 2. The number of aromatic nitrogens is 1. The van der Waals surface area contributed by atoms with Crippen molar-refractivity contribution in [3.8, 4) is 17.4 Å². The van der Waals surface area contributed by atoms with Gasteiger partial charge in [0.15, 0.2) is 0 Å².